The molecule has 0 N–H and O–H groups in total. The summed E-state index contributed by atoms with van der Waals surface area (Å²) in [6.45, 7) is 4.77. The molecule has 60 heavy (non-hydrogen) atoms. The summed E-state index contributed by atoms with van der Waals surface area (Å²) in [5.74, 6) is 0. The van der Waals surface area contributed by atoms with Crippen LogP contribution in [0.5, 0.6) is 0 Å². The zero-order valence-electron chi connectivity index (χ0n) is 33.6. The average molecular weight is 784 g/mol. The third-order valence-corrected chi connectivity index (χ3v) is 14.4. The highest BCUT2D eigenvalue weighted by Gasteiger charge is 2.49. The highest BCUT2D eigenvalue weighted by Crippen LogP contribution is 2.63. The van der Waals surface area contributed by atoms with Crippen LogP contribution in [-0.4, -0.2) is 0 Å². The Bertz CT molecular complexity index is 3230. The van der Waals surface area contributed by atoms with Crippen LogP contribution in [0.15, 0.2) is 212 Å². The summed E-state index contributed by atoms with van der Waals surface area (Å²) in [5, 5.41) is 2.57. The number of anilines is 3. The quantitative estimate of drug-likeness (QED) is 0.162. The topological polar surface area (TPSA) is 3.24 Å². The van der Waals surface area contributed by atoms with Crippen molar-refractivity contribution in [2.45, 2.75) is 24.7 Å². The SMILES string of the molecule is CC1(C)c2ccccc2-c2ccc(N(c3ccccc3)c3c4c(cc5sc6ccccc6c35)C(c3ccccc3)(c3ccccc3)c3ccc(-c5ccccc5)cc3-4)cc21. The van der Waals surface area contributed by atoms with Gasteiger partial charge >= 0.3 is 0 Å². The molecule has 0 unspecified atom stereocenters. The largest absolute Gasteiger partial charge is 0.309 e. The van der Waals surface area contributed by atoms with Crippen molar-refractivity contribution < 1.29 is 0 Å². The fourth-order valence-corrected chi connectivity index (χ4v) is 11.8. The molecule has 10 aromatic rings. The van der Waals surface area contributed by atoms with Crippen LogP contribution in [-0.2, 0) is 10.8 Å². The molecule has 1 nitrogen and oxygen atoms in total. The molecule has 0 spiro atoms. The van der Waals surface area contributed by atoms with Crippen LogP contribution in [0.1, 0.15) is 47.2 Å². The van der Waals surface area contributed by atoms with E-state index in [1.807, 2.05) is 11.3 Å². The van der Waals surface area contributed by atoms with Crippen molar-refractivity contribution >= 4 is 48.6 Å². The predicted molar refractivity (Wildman–Crippen MR) is 254 cm³/mol. The van der Waals surface area contributed by atoms with E-state index in [2.05, 4.69) is 231 Å². The highest BCUT2D eigenvalue weighted by atomic mass is 32.1. The molecule has 2 aliphatic rings. The van der Waals surface area contributed by atoms with Crippen LogP contribution in [0.2, 0.25) is 0 Å². The summed E-state index contributed by atoms with van der Waals surface area (Å²) in [6.07, 6.45) is 0. The Labute approximate surface area is 355 Å². The van der Waals surface area contributed by atoms with E-state index in [0.29, 0.717) is 0 Å². The van der Waals surface area contributed by atoms with Gasteiger partial charge < -0.3 is 4.90 Å². The molecule has 0 bridgehead atoms. The minimum absolute atomic E-state index is 0.152. The minimum atomic E-state index is -0.578. The van der Waals surface area contributed by atoms with Gasteiger partial charge in [0.1, 0.15) is 0 Å². The van der Waals surface area contributed by atoms with Crippen molar-refractivity contribution in [3.8, 4) is 33.4 Å². The molecule has 2 heteroatoms. The molecular weight excluding hydrogens is 743 g/mol. The van der Waals surface area contributed by atoms with Gasteiger partial charge in [-0.2, -0.15) is 0 Å². The molecule has 0 aliphatic heterocycles. The smallest absolute Gasteiger partial charge is 0.0714 e. The predicted octanol–water partition coefficient (Wildman–Crippen LogP) is 15.9. The number of para-hydroxylation sites is 1. The number of hydrogen-bond acceptors (Lipinski definition) is 2. The number of benzene rings is 9. The lowest BCUT2D eigenvalue weighted by Crippen LogP contribution is -2.28. The number of fused-ring (bicyclic) bond motifs is 9. The van der Waals surface area contributed by atoms with Crippen molar-refractivity contribution in [3.63, 3.8) is 0 Å². The van der Waals surface area contributed by atoms with E-state index in [4.69, 9.17) is 0 Å². The summed E-state index contributed by atoms with van der Waals surface area (Å²) in [6, 6.07) is 79.3. The fraction of sp³-hybridized carbons (Fsp3) is 0.0690. The van der Waals surface area contributed by atoms with Crippen molar-refractivity contribution in [2.75, 3.05) is 4.90 Å². The summed E-state index contributed by atoms with van der Waals surface area (Å²) < 4.78 is 2.58. The van der Waals surface area contributed by atoms with Crippen LogP contribution in [0.25, 0.3) is 53.6 Å². The van der Waals surface area contributed by atoms with E-state index in [1.54, 1.807) is 0 Å². The molecule has 9 aromatic carbocycles. The van der Waals surface area contributed by atoms with Crippen LogP contribution < -0.4 is 4.90 Å². The molecular formula is C58H41NS. The Kier molecular flexibility index (Phi) is 7.73. The van der Waals surface area contributed by atoms with Crippen LogP contribution in [0.3, 0.4) is 0 Å². The van der Waals surface area contributed by atoms with Gasteiger partial charge in [-0.15, -0.1) is 11.3 Å². The highest BCUT2D eigenvalue weighted by molar-refractivity contribution is 7.26. The maximum Gasteiger partial charge on any atom is 0.0714 e. The molecule has 0 saturated heterocycles. The molecule has 284 valence electrons. The van der Waals surface area contributed by atoms with Crippen LogP contribution in [0.4, 0.5) is 17.1 Å². The van der Waals surface area contributed by atoms with E-state index in [9.17, 15) is 0 Å². The van der Waals surface area contributed by atoms with Gasteiger partial charge in [0.15, 0.2) is 0 Å². The molecule has 12 rings (SSSR count). The maximum absolute atomic E-state index is 2.59. The van der Waals surface area contributed by atoms with Gasteiger partial charge in [-0.25, -0.2) is 0 Å². The molecule has 0 atom stereocenters. The van der Waals surface area contributed by atoms with E-state index in [0.717, 1.165) is 11.4 Å². The number of thiophene rings is 1. The second kappa shape index (κ2) is 13.3. The van der Waals surface area contributed by atoms with E-state index >= 15 is 0 Å². The van der Waals surface area contributed by atoms with E-state index < -0.39 is 5.41 Å². The van der Waals surface area contributed by atoms with Gasteiger partial charge in [0.05, 0.1) is 11.1 Å². The third-order valence-electron chi connectivity index (χ3n) is 13.3. The Morgan fingerprint density at radius 1 is 0.400 bits per heavy atom. The monoisotopic (exact) mass is 783 g/mol. The summed E-state index contributed by atoms with van der Waals surface area (Å²) in [5.41, 5.74) is 18.3. The molecule has 1 aromatic heterocycles. The minimum Gasteiger partial charge on any atom is -0.309 e. The first-order chi connectivity index (χ1) is 29.5. The summed E-state index contributed by atoms with van der Waals surface area (Å²) in [7, 11) is 0. The van der Waals surface area contributed by atoms with Gasteiger partial charge in [0.25, 0.3) is 0 Å². The molecule has 1 heterocycles. The van der Waals surface area contributed by atoms with Gasteiger partial charge in [0.2, 0.25) is 0 Å². The molecule has 0 radical (unpaired) electrons. The van der Waals surface area contributed by atoms with Gasteiger partial charge in [-0.3, -0.25) is 0 Å². The lowest BCUT2D eigenvalue weighted by atomic mass is 9.67. The summed E-state index contributed by atoms with van der Waals surface area (Å²) in [4.78, 5) is 2.59. The normalized spacial score (nSPS) is 14.1. The van der Waals surface area contributed by atoms with E-state index in [1.165, 1.54) is 92.6 Å². The first-order valence-corrected chi connectivity index (χ1v) is 21.7. The average Bonchev–Trinajstić information content (AvgIpc) is 3.91. The Balaban J connectivity index is 1.27. The number of hydrogen-bond donors (Lipinski definition) is 0. The lowest BCUT2D eigenvalue weighted by Gasteiger charge is -2.35. The molecule has 2 aliphatic carbocycles. The Morgan fingerprint density at radius 2 is 1.02 bits per heavy atom. The zero-order valence-corrected chi connectivity index (χ0v) is 34.4. The van der Waals surface area contributed by atoms with Crippen LogP contribution >= 0.6 is 11.3 Å². The lowest BCUT2D eigenvalue weighted by molar-refractivity contribution is 0.660. The first-order valence-electron chi connectivity index (χ1n) is 20.9. The molecule has 0 fully saturated rings. The molecule has 0 amide bonds. The molecule has 0 saturated carbocycles. The van der Waals surface area contributed by atoms with Gasteiger partial charge in [-0.05, 0) is 104 Å². The standard InChI is InChI=1S/C58H41NS/c1-57(2)48-29-17-15-27-44(48)45-33-32-43(36-50(45)57)59(42-25-13-6-14-26-42)56-54-47-35-39(38-19-7-3-8-20-38)31-34-49(47)58(40-21-9-4-10-22-40,41-23-11-5-12-24-41)51(54)37-53-55(56)46-28-16-18-30-52(46)60-53/h3-37H,1-2H3. The van der Waals surface area contributed by atoms with Crippen molar-refractivity contribution in [1.29, 1.82) is 0 Å². The second-order valence-corrected chi connectivity index (χ2v) is 17.9. The van der Waals surface area contributed by atoms with Gasteiger partial charge in [-0.1, -0.05) is 184 Å². The fourth-order valence-electron chi connectivity index (χ4n) is 10.7. The maximum atomic E-state index is 2.59. The third kappa shape index (κ3) is 4.92. The number of nitrogens with zero attached hydrogens (tertiary/aromatic N) is 1. The first kappa shape index (κ1) is 35.0. The van der Waals surface area contributed by atoms with Crippen LogP contribution in [0, 0.1) is 0 Å². The van der Waals surface area contributed by atoms with Gasteiger partial charge in [0, 0.05) is 42.5 Å². The number of rotatable bonds is 6. The Hall–Kier alpha value is -7.00. The summed E-state index contributed by atoms with van der Waals surface area (Å²) >= 11 is 1.90. The second-order valence-electron chi connectivity index (χ2n) is 16.8. The van der Waals surface area contributed by atoms with E-state index in [-0.39, 0.29) is 5.41 Å². The van der Waals surface area contributed by atoms with Crippen molar-refractivity contribution in [3.05, 3.63) is 246 Å². The Morgan fingerprint density at radius 3 is 1.75 bits per heavy atom. The van der Waals surface area contributed by atoms with Crippen molar-refractivity contribution in [2.24, 2.45) is 0 Å². The zero-order chi connectivity index (χ0) is 40.0. The van der Waals surface area contributed by atoms with Crippen molar-refractivity contribution in [1.82, 2.24) is 0 Å².